The third-order valence-corrected chi connectivity index (χ3v) is 8.14. The number of aromatic nitrogens is 3. The molecule has 0 spiro atoms. The Morgan fingerprint density at radius 2 is 2.03 bits per heavy atom. The molecular weight excluding hydrogens is 432 g/mol. The lowest BCUT2D eigenvalue weighted by molar-refractivity contribution is 0.175. The predicted molar refractivity (Wildman–Crippen MR) is 144 cm³/mol. The fourth-order valence-electron chi connectivity index (χ4n) is 6.25. The van der Waals surface area contributed by atoms with Crippen molar-refractivity contribution in [3.63, 3.8) is 0 Å². The second-order valence-electron chi connectivity index (χ2n) is 10.7. The predicted octanol–water partition coefficient (Wildman–Crippen LogP) is 5.14. The fraction of sp³-hybridized carbons (Fsp3) is 0.414. The van der Waals surface area contributed by atoms with Gasteiger partial charge in [0.1, 0.15) is 0 Å². The van der Waals surface area contributed by atoms with Crippen LogP contribution in [0.5, 0.6) is 0 Å². The van der Waals surface area contributed by atoms with Crippen molar-refractivity contribution >= 4 is 27.6 Å². The first-order valence-electron chi connectivity index (χ1n) is 13.2. The molecular formula is C29H34N6. The largest absolute Gasteiger partial charge is 0.381 e. The number of para-hydroxylation sites is 1. The summed E-state index contributed by atoms with van der Waals surface area (Å²) in [7, 11) is 0. The van der Waals surface area contributed by atoms with Gasteiger partial charge in [0.25, 0.3) is 0 Å². The number of rotatable bonds is 6. The van der Waals surface area contributed by atoms with Gasteiger partial charge in [0.05, 0.1) is 28.5 Å². The molecule has 1 saturated carbocycles. The molecule has 3 aliphatic rings. The second-order valence-corrected chi connectivity index (χ2v) is 10.7. The molecule has 180 valence electrons. The molecule has 3 N–H and O–H groups in total. The van der Waals surface area contributed by atoms with Crippen LogP contribution in [-0.4, -0.2) is 44.7 Å². The monoisotopic (exact) mass is 466 g/mol. The van der Waals surface area contributed by atoms with Gasteiger partial charge in [-0.3, -0.25) is 4.90 Å². The van der Waals surface area contributed by atoms with Crippen molar-refractivity contribution in [2.24, 2.45) is 11.7 Å². The van der Waals surface area contributed by atoms with E-state index in [1.54, 1.807) is 0 Å². The summed E-state index contributed by atoms with van der Waals surface area (Å²) in [4.78, 5) is 7.78. The number of likely N-dealkylation sites (tertiary alicyclic amines) is 1. The molecule has 0 radical (unpaired) electrons. The number of anilines is 1. The van der Waals surface area contributed by atoms with Gasteiger partial charge in [-0.05, 0) is 68.0 Å². The highest BCUT2D eigenvalue weighted by Crippen LogP contribution is 2.39. The smallest absolute Gasteiger partial charge is 0.157 e. The van der Waals surface area contributed by atoms with E-state index in [0.717, 1.165) is 62.8 Å². The molecule has 4 heterocycles. The number of hydrogen-bond donors (Lipinski definition) is 2. The van der Waals surface area contributed by atoms with Crippen molar-refractivity contribution < 1.29 is 0 Å². The first-order valence-corrected chi connectivity index (χ1v) is 13.2. The van der Waals surface area contributed by atoms with Gasteiger partial charge in [0.2, 0.25) is 0 Å². The number of fused-ring (bicyclic) bond motifs is 1. The van der Waals surface area contributed by atoms with Crippen LogP contribution in [0.25, 0.3) is 33.5 Å². The van der Waals surface area contributed by atoms with Crippen molar-refractivity contribution in [2.45, 2.75) is 50.9 Å². The lowest BCUT2D eigenvalue weighted by Gasteiger charge is -2.36. The summed E-state index contributed by atoms with van der Waals surface area (Å²) in [5.41, 5.74) is 13.6. The highest BCUT2D eigenvalue weighted by atomic mass is 15.2. The van der Waals surface area contributed by atoms with Crippen LogP contribution in [0.2, 0.25) is 0 Å². The second kappa shape index (κ2) is 8.25. The van der Waals surface area contributed by atoms with Crippen LogP contribution >= 0.6 is 0 Å². The van der Waals surface area contributed by atoms with Gasteiger partial charge in [-0.2, -0.15) is 0 Å². The third-order valence-electron chi connectivity index (χ3n) is 8.14. The standard InChI is InChI=1S/C29H34N6/c1-2-25(33-12-5-7-22(30)18-33)21-14-23-28-24(15-21)32-29(34(28)13-11-31-23)27-16-20-6-3-4-8-26(20)35(27)17-19-9-10-19/h2-4,6,8,14-16,19,22,25,31H,1,5,7,9-13,17-18,30H2/t22-,25-/m1/s1. The average Bonchev–Trinajstić information content (AvgIpc) is 3.52. The molecule has 0 unspecified atom stereocenters. The van der Waals surface area contributed by atoms with E-state index in [4.69, 9.17) is 10.7 Å². The summed E-state index contributed by atoms with van der Waals surface area (Å²) in [6.07, 6.45) is 6.99. The Morgan fingerprint density at radius 3 is 2.86 bits per heavy atom. The zero-order valence-electron chi connectivity index (χ0n) is 20.3. The Bertz CT molecular complexity index is 1420. The summed E-state index contributed by atoms with van der Waals surface area (Å²) in [6.45, 7) is 9.08. The number of imidazole rings is 1. The minimum absolute atomic E-state index is 0.153. The lowest BCUT2D eigenvalue weighted by atomic mass is 9.98. The maximum Gasteiger partial charge on any atom is 0.157 e. The van der Waals surface area contributed by atoms with Crippen LogP contribution in [0.3, 0.4) is 0 Å². The van der Waals surface area contributed by atoms with E-state index in [1.807, 2.05) is 0 Å². The number of hydrogen-bond acceptors (Lipinski definition) is 4. The van der Waals surface area contributed by atoms with E-state index >= 15 is 0 Å². The Balaban J connectivity index is 1.37. The Hall–Kier alpha value is -3.09. The van der Waals surface area contributed by atoms with E-state index < -0.39 is 0 Å². The Kier molecular flexibility index (Phi) is 5.00. The topological polar surface area (TPSA) is 64.0 Å². The third kappa shape index (κ3) is 3.58. The van der Waals surface area contributed by atoms with Crippen LogP contribution in [0, 0.1) is 5.92 Å². The molecule has 1 saturated heterocycles. The zero-order chi connectivity index (χ0) is 23.5. The number of nitrogens with one attached hydrogen (secondary N) is 1. The summed E-state index contributed by atoms with van der Waals surface area (Å²) < 4.78 is 4.95. The fourth-order valence-corrected chi connectivity index (χ4v) is 6.25. The molecule has 6 nitrogen and oxygen atoms in total. The first-order chi connectivity index (χ1) is 17.2. The van der Waals surface area contributed by atoms with E-state index in [2.05, 4.69) is 74.5 Å². The minimum atomic E-state index is 0.153. The molecule has 2 aromatic carbocycles. The van der Waals surface area contributed by atoms with Gasteiger partial charge in [-0.25, -0.2) is 4.98 Å². The van der Waals surface area contributed by atoms with E-state index in [0.29, 0.717) is 0 Å². The molecule has 7 rings (SSSR count). The van der Waals surface area contributed by atoms with Crippen LogP contribution < -0.4 is 11.1 Å². The van der Waals surface area contributed by atoms with Gasteiger partial charge < -0.3 is 20.2 Å². The number of nitrogens with zero attached hydrogens (tertiary/aromatic N) is 4. The Labute approximate surface area is 206 Å². The molecule has 1 aliphatic carbocycles. The SMILES string of the molecule is C=C[C@H](c1cc2c3c(c1)nc(-c1cc4ccccc4n1CC1CC1)n3CCN2)N1CCC[C@@H](N)C1. The van der Waals surface area contributed by atoms with Crippen LogP contribution in [0.15, 0.2) is 55.1 Å². The van der Waals surface area contributed by atoms with E-state index in [-0.39, 0.29) is 12.1 Å². The highest BCUT2D eigenvalue weighted by molar-refractivity contribution is 5.94. The molecule has 0 amide bonds. The highest BCUT2D eigenvalue weighted by Gasteiger charge is 2.29. The summed E-state index contributed by atoms with van der Waals surface area (Å²) >= 11 is 0. The maximum absolute atomic E-state index is 6.32. The van der Waals surface area contributed by atoms with Gasteiger partial charge >= 0.3 is 0 Å². The molecule has 4 aromatic rings. The van der Waals surface area contributed by atoms with Gasteiger partial charge in [0, 0.05) is 43.1 Å². The quantitative estimate of drug-likeness (QED) is 0.386. The van der Waals surface area contributed by atoms with Gasteiger partial charge in [-0.1, -0.05) is 24.3 Å². The number of nitrogens with two attached hydrogens (primary N) is 1. The maximum atomic E-state index is 6.32. The van der Waals surface area contributed by atoms with Crippen molar-refractivity contribution in [3.8, 4) is 11.5 Å². The molecule has 2 fully saturated rings. The molecule has 2 atom stereocenters. The molecule has 2 aliphatic heterocycles. The summed E-state index contributed by atoms with van der Waals surface area (Å²) in [6, 6.07) is 16.1. The molecule has 2 aromatic heterocycles. The summed E-state index contributed by atoms with van der Waals surface area (Å²) in [5, 5.41) is 4.96. The lowest BCUT2D eigenvalue weighted by Crippen LogP contribution is -2.44. The Morgan fingerprint density at radius 1 is 1.14 bits per heavy atom. The molecule has 35 heavy (non-hydrogen) atoms. The zero-order valence-corrected chi connectivity index (χ0v) is 20.3. The van der Waals surface area contributed by atoms with Crippen LogP contribution in [0.4, 0.5) is 5.69 Å². The number of benzene rings is 2. The van der Waals surface area contributed by atoms with Crippen molar-refractivity contribution in [3.05, 3.63) is 60.7 Å². The molecule has 6 heteroatoms. The average molecular weight is 467 g/mol. The van der Waals surface area contributed by atoms with Crippen LogP contribution in [0.1, 0.15) is 37.3 Å². The van der Waals surface area contributed by atoms with Crippen molar-refractivity contribution in [2.75, 3.05) is 25.0 Å². The summed E-state index contributed by atoms with van der Waals surface area (Å²) in [5.74, 6) is 1.88. The minimum Gasteiger partial charge on any atom is -0.381 e. The van der Waals surface area contributed by atoms with Crippen molar-refractivity contribution in [1.29, 1.82) is 0 Å². The van der Waals surface area contributed by atoms with E-state index in [9.17, 15) is 0 Å². The van der Waals surface area contributed by atoms with E-state index in [1.165, 1.54) is 46.2 Å². The van der Waals surface area contributed by atoms with Gasteiger partial charge in [-0.15, -0.1) is 6.58 Å². The number of piperidine rings is 1. The normalized spacial score (nSPS) is 21.3. The van der Waals surface area contributed by atoms with Crippen molar-refractivity contribution in [1.82, 2.24) is 19.0 Å². The first kappa shape index (κ1) is 21.2. The molecule has 0 bridgehead atoms. The van der Waals surface area contributed by atoms with Crippen LogP contribution in [-0.2, 0) is 13.1 Å². The van der Waals surface area contributed by atoms with Gasteiger partial charge in [0.15, 0.2) is 5.82 Å².